The molecule has 94 valence electrons. The third-order valence-electron chi connectivity index (χ3n) is 3.39. The Morgan fingerprint density at radius 1 is 1.35 bits per heavy atom. The van der Waals surface area contributed by atoms with Crippen molar-refractivity contribution in [2.75, 3.05) is 7.05 Å². The molecule has 0 atom stereocenters. The van der Waals surface area contributed by atoms with Crippen LogP contribution in [0.1, 0.15) is 38.2 Å². The molecule has 0 bridgehead atoms. The molecular weight excluding hydrogens is 278 g/mol. The molecule has 0 aromatic heterocycles. The first-order valence-corrected chi connectivity index (χ1v) is 7.02. The molecule has 0 radical (unpaired) electrons. The average Bonchev–Trinajstić information content (AvgIpc) is 2.24. The zero-order chi connectivity index (χ0) is 12.4. The van der Waals surface area contributed by atoms with Crippen molar-refractivity contribution in [3.63, 3.8) is 0 Å². The lowest BCUT2D eigenvalue weighted by atomic mass is 9.89. The molecule has 1 aromatic rings. The summed E-state index contributed by atoms with van der Waals surface area (Å²) in [6.07, 6.45) is 2.61. The minimum Gasteiger partial charge on any atom is -0.490 e. The molecule has 0 aliphatic heterocycles. The molecule has 1 N–H and O–H groups in total. The van der Waals surface area contributed by atoms with Crippen LogP contribution in [-0.2, 0) is 0 Å². The van der Waals surface area contributed by atoms with Crippen molar-refractivity contribution in [2.24, 2.45) is 0 Å². The fourth-order valence-electron chi connectivity index (χ4n) is 2.15. The van der Waals surface area contributed by atoms with Gasteiger partial charge in [0.2, 0.25) is 0 Å². The van der Waals surface area contributed by atoms with E-state index in [0.717, 1.165) is 23.1 Å². The second-order valence-corrected chi connectivity index (χ2v) is 5.95. The van der Waals surface area contributed by atoms with E-state index in [1.807, 2.05) is 7.05 Å². The van der Waals surface area contributed by atoms with Crippen LogP contribution in [0.5, 0.6) is 5.75 Å². The van der Waals surface area contributed by atoms with E-state index in [1.165, 1.54) is 5.56 Å². The standard InChI is InChI=1S/C14H20BrNO/c1-9(2)13-6-10(15)4-5-14(13)17-12-7-11(8-12)16-3/h4-6,9,11-12,16H,7-8H2,1-3H3. The molecule has 0 saturated heterocycles. The molecule has 2 nitrogen and oxygen atoms in total. The lowest BCUT2D eigenvalue weighted by molar-refractivity contribution is 0.0872. The van der Waals surface area contributed by atoms with E-state index in [9.17, 15) is 0 Å². The summed E-state index contributed by atoms with van der Waals surface area (Å²) in [7, 11) is 2.01. The van der Waals surface area contributed by atoms with Crippen LogP contribution in [0.4, 0.5) is 0 Å². The number of rotatable bonds is 4. The molecule has 2 rings (SSSR count). The van der Waals surface area contributed by atoms with E-state index in [2.05, 4.69) is 53.3 Å². The highest BCUT2D eigenvalue weighted by Gasteiger charge is 2.30. The third kappa shape index (κ3) is 3.02. The Hall–Kier alpha value is -0.540. The number of nitrogens with one attached hydrogen (secondary N) is 1. The highest BCUT2D eigenvalue weighted by atomic mass is 79.9. The molecule has 3 heteroatoms. The normalized spacial score (nSPS) is 23.6. The van der Waals surface area contributed by atoms with Crippen LogP contribution >= 0.6 is 15.9 Å². The molecule has 1 aliphatic rings. The smallest absolute Gasteiger partial charge is 0.123 e. The van der Waals surface area contributed by atoms with Crippen molar-refractivity contribution in [3.05, 3.63) is 28.2 Å². The van der Waals surface area contributed by atoms with Gasteiger partial charge in [-0.3, -0.25) is 0 Å². The van der Waals surface area contributed by atoms with Crippen LogP contribution in [0.2, 0.25) is 0 Å². The summed E-state index contributed by atoms with van der Waals surface area (Å²) in [5, 5.41) is 3.28. The van der Waals surface area contributed by atoms with Gasteiger partial charge in [-0.1, -0.05) is 29.8 Å². The molecule has 17 heavy (non-hydrogen) atoms. The van der Waals surface area contributed by atoms with Gasteiger partial charge in [-0.05, 0) is 49.6 Å². The topological polar surface area (TPSA) is 21.3 Å². The number of hydrogen-bond acceptors (Lipinski definition) is 2. The van der Waals surface area contributed by atoms with Crippen LogP contribution in [0.25, 0.3) is 0 Å². The Bertz CT molecular complexity index is 386. The first-order chi connectivity index (χ1) is 8.10. The zero-order valence-electron chi connectivity index (χ0n) is 10.7. The Morgan fingerprint density at radius 3 is 2.65 bits per heavy atom. The maximum absolute atomic E-state index is 6.07. The quantitative estimate of drug-likeness (QED) is 0.915. The van der Waals surface area contributed by atoms with Gasteiger partial charge in [0.1, 0.15) is 11.9 Å². The van der Waals surface area contributed by atoms with Crippen LogP contribution in [-0.4, -0.2) is 19.2 Å². The van der Waals surface area contributed by atoms with Crippen molar-refractivity contribution < 1.29 is 4.74 Å². The minimum atomic E-state index is 0.381. The van der Waals surface area contributed by atoms with Gasteiger partial charge in [0.05, 0.1) is 0 Å². The first kappa shape index (κ1) is 12.9. The van der Waals surface area contributed by atoms with E-state index in [0.29, 0.717) is 18.1 Å². The van der Waals surface area contributed by atoms with E-state index in [4.69, 9.17) is 4.74 Å². The van der Waals surface area contributed by atoms with Gasteiger partial charge >= 0.3 is 0 Å². The zero-order valence-corrected chi connectivity index (χ0v) is 12.3. The molecule has 1 aliphatic carbocycles. The summed E-state index contributed by atoms with van der Waals surface area (Å²) in [5.41, 5.74) is 1.28. The van der Waals surface area contributed by atoms with Gasteiger partial charge in [-0.15, -0.1) is 0 Å². The van der Waals surface area contributed by atoms with Crippen LogP contribution in [0, 0.1) is 0 Å². The molecular formula is C14H20BrNO. The van der Waals surface area contributed by atoms with E-state index < -0.39 is 0 Å². The highest BCUT2D eigenvalue weighted by Crippen LogP contribution is 2.33. The Morgan fingerprint density at radius 2 is 2.06 bits per heavy atom. The van der Waals surface area contributed by atoms with Gasteiger partial charge in [0.25, 0.3) is 0 Å². The lowest BCUT2D eigenvalue weighted by Crippen LogP contribution is -2.45. The summed E-state index contributed by atoms with van der Waals surface area (Å²) >= 11 is 3.52. The molecule has 1 saturated carbocycles. The van der Waals surface area contributed by atoms with Crippen molar-refractivity contribution in [2.45, 2.75) is 44.8 Å². The number of benzene rings is 1. The van der Waals surface area contributed by atoms with Gasteiger partial charge < -0.3 is 10.1 Å². The lowest BCUT2D eigenvalue weighted by Gasteiger charge is -2.35. The van der Waals surface area contributed by atoms with Gasteiger partial charge in [0, 0.05) is 10.5 Å². The Balaban J connectivity index is 2.05. The van der Waals surface area contributed by atoms with Crippen molar-refractivity contribution in [3.8, 4) is 5.75 Å². The summed E-state index contributed by atoms with van der Waals surface area (Å²) in [5.74, 6) is 1.53. The third-order valence-corrected chi connectivity index (χ3v) is 3.88. The largest absolute Gasteiger partial charge is 0.490 e. The second-order valence-electron chi connectivity index (χ2n) is 5.03. The first-order valence-electron chi connectivity index (χ1n) is 6.23. The van der Waals surface area contributed by atoms with E-state index >= 15 is 0 Å². The fraction of sp³-hybridized carbons (Fsp3) is 0.571. The molecule has 0 spiro atoms. The monoisotopic (exact) mass is 297 g/mol. The van der Waals surface area contributed by atoms with Crippen LogP contribution in [0.15, 0.2) is 22.7 Å². The molecule has 1 aromatic carbocycles. The Labute approximate surface area is 112 Å². The summed E-state index contributed by atoms with van der Waals surface area (Å²) in [6.45, 7) is 4.40. The number of halogens is 1. The average molecular weight is 298 g/mol. The summed E-state index contributed by atoms with van der Waals surface area (Å²) in [6, 6.07) is 6.92. The predicted molar refractivity (Wildman–Crippen MR) is 74.7 cm³/mol. The second kappa shape index (κ2) is 5.40. The minimum absolute atomic E-state index is 0.381. The summed E-state index contributed by atoms with van der Waals surface area (Å²) in [4.78, 5) is 0. The van der Waals surface area contributed by atoms with Gasteiger partial charge in [-0.25, -0.2) is 0 Å². The van der Waals surface area contributed by atoms with Gasteiger partial charge in [0.15, 0.2) is 0 Å². The number of hydrogen-bond donors (Lipinski definition) is 1. The fourth-order valence-corrected chi connectivity index (χ4v) is 2.53. The SMILES string of the molecule is CNC1CC(Oc2ccc(Br)cc2C(C)C)C1. The predicted octanol–water partition coefficient (Wildman–Crippen LogP) is 3.70. The Kier molecular flexibility index (Phi) is 4.10. The van der Waals surface area contributed by atoms with E-state index in [1.54, 1.807) is 0 Å². The molecule has 0 amide bonds. The van der Waals surface area contributed by atoms with Crippen molar-refractivity contribution in [1.82, 2.24) is 5.32 Å². The van der Waals surface area contributed by atoms with Gasteiger partial charge in [-0.2, -0.15) is 0 Å². The van der Waals surface area contributed by atoms with Crippen LogP contribution < -0.4 is 10.1 Å². The van der Waals surface area contributed by atoms with Crippen molar-refractivity contribution in [1.29, 1.82) is 0 Å². The van der Waals surface area contributed by atoms with Crippen LogP contribution in [0.3, 0.4) is 0 Å². The van der Waals surface area contributed by atoms with E-state index in [-0.39, 0.29) is 0 Å². The van der Waals surface area contributed by atoms with Crippen molar-refractivity contribution >= 4 is 15.9 Å². The molecule has 0 unspecified atom stereocenters. The molecule has 1 fully saturated rings. The summed E-state index contributed by atoms with van der Waals surface area (Å²) < 4.78 is 7.19. The molecule has 0 heterocycles. The number of ether oxygens (including phenoxy) is 1. The maximum Gasteiger partial charge on any atom is 0.123 e. The maximum atomic E-state index is 6.07. The highest BCUT2D eigenvalue weighted by molar-refractivity contribution is 9.10.